The first kappa shape index (κ1) is 15.3. The molecule has 21 heavy (non-hydrogen) atoms. The highest BCUT2D eigenvalue weighted by Gasteiger charge is 2.25. The van der Waals surface area contributed by atoms with Gasteiger partial charge in [-0.2, -0.15) is 5.26 Å². The highest BCUT2D eigenvalue weighted by atomic mass is 16.6. The van der Waals surface area contributed by atoms with Crippen molar-refractivity contribution in [2.24, 2.45) is 5.73 Å². The van der Waals surface area contributed by atoms with Crippen LogP contribution in [0.15, 0.2) is 18.2 Å². The minimum atomic E-state index is -0.493. The number of hydrogen-bond donors (Lipinski definition) is 1. The molecule has 0 bridgehead atoms. The van der Waals surface area contributed by atoms with Crippen LogP contribution < -0.4 is 10.6 Å². The lowest BCUT2D eigenvalue weighted by molar-refractivity contribution is -0.385. The summed E-state index contributed by atoms with van der Waals surface area (Å²) in [5, 5.41) is 20.0. The average molecular weight is 288 g/mol. The van der Waals surface area contributed by atoms with Crippen LogP contribution in [0.3, 0.4) is 0 Å². The van der Waals surface area contributed by atoms with Gasteiger partial charge in [-0.05, 0) is 44.7 Å². The molecule has 1 aromatic rings. The molecule has 1 fully saturated rings. The van der Waals surface area contributed by atoms with Gasteiger partial charge >= 0.3 is 0 Å². The molecule has 0 aliphatic heterocycles. The number of hydrogen-bond acceptors (Lipinski definition) is 5. The zero-order valence-corrected chi connectivity index (χ0v) is 12.2. The van der Waals surface area contributed by atoms with Crippen LogP contribution in [-0.2, 0) is 0 Å². The van der Waals surface area contributed by atoms with Crippen molar-refractivity contribution in [2.45, 2.75) is 44.7 Å². The molecule has 1 aliphatic carbocycles. The van der Waals surface area contributed by atoms with Gasteiger partial charge in [-0.25, -0.2) is 0 Å². The number of anilines is 1. The maximum Gasteiger partial charge on any atom is 0.289 e. The molecular formula is C15H20N4O2. The highest BCUT2D eigenvalue weighted by molar-refractivity contribution is 5.60. The lowest BCUT2D eigenvalue weighted by Gasteiger charge is -2.37. The molecular weight excluding hydrogens is 268 g/mol. The summed E-state index contributed by atoms with van der Waals surface area (Å²) in [6, 6.07) is 7.34. The number of nitrogens with two attached hydrogens (primary N) is 1. The smallest absolute Gasteiger partial charge is 0.289 e. The van der Waals surface area contributed by atoms with Crippen LogP contribution in [0.1, 0.15) is 38.2 Å². The molecule has 0 unspecified atom stereocenters. The Morgan fingerprint density at radius 2 is 2.10 bits per heavy atom. The van der Waals surface area contributed by atoms with E-state index in [0.29, 0.717) is 6.04 Å². The third-order valence-electron chi connectivity index (χ3n) is 4.15. The molecule has 0 saturated heterocycles. The number of nitriles is 1. The van der Waals surface area contributed by atoms with Crippen LogP contribution in [0.2, 0.25) is 0 Å². The summed E-state index contributed by atoms with van der Waals surface area (Å²) in [7, 11) is 0. The van der Waals surface area contributed by atoms with Crippen molar-refractivity contribution in [1.29, 1.82) is 5.26 Å². The third-order valence-corrected chi connectivity index (χ3v) is 4.15. The Morgan fingerprint density at radius 3 is 2.62 bits per heavy atom. The SMILES string of the molecule is CCN(c1ccc(C#N)c([N+](=O)[O-])c1)C1CCC(N)CC1. The second kappa shape index (κ2) is 6.55. The van der Waals surface area contributed by atoms with Crippen molar-refractivity contribution in [3.05, 3.63) is 33.9 Å². The molecule has 1 saturated carbocycles. The van der Waals surface area contributed by atoms with Gasteiger partial charge in [0, 0.05) is 30.4 Å². The summed E-state index contributed by atoms with van der Waals surface area (Å²) < 4.78 is 0. The lowest BCUT2D eigenvalue weighted by atomic mass is 9.90. The van der Waals surface area contributed by atoms with Gasteiger partial charge in [0.05, 0.1) is 4.92 Å². The second-order valence-corrected chi connectivity index (χ2v) is 5.42. The van der Waals surface area contributed by atoms with Crippen LogP contribution in [0.5, 0.6) is 0 Å². The van der Waals surface area contributed by atoms with Crippen LogP contribution in [0.25, 0.3) is 0 Å². The van der Waals surface area contributed by atoms with Crippen molar-refractivity contribution in [1.82, 2.24) is 0 Å². The van der Waals surface area contributed by atoms with Gasteiger partial charge in [0.15, 0.2) is 0 Å². The molecule has 2 N–H and O–H groups in total. The van der Waals surface area contributed by atoms with Gasteiger partial charge in [0.2, 0.25) is 0 Å². The van der Waals surface area contributed by atoms with E-state index in [1.165, 1.54) is 12.1 Å². The van der Waals surface area contributed by atoms with Crippen LogP contribution >= 0.6 is 0 Å². The highest BCUT2D eigenvalue weighted by Crippen LogP contribution is 2.30. The minimum absolute atomic E-state index is 0.102. The summed E-state index contributed by atoms with van der Waals surface area (Å²) in [4.78, 5) is 12.8. The van der Waals surface area contributed by atoms with E-state index in [1.54, 1.807) is 6.07 Å². The van der Waals surface area contributed by atoms with Crippen molar-refractivity contribution in [3.63, 3.8) is 0 Å². The fourth-order valence-corrected chi connectivity index (χ4v) is 3.01. The summed E-state index contributed by atoms with van der Waals surface area (Å²) in [6.45, 7) is 2.82. The van der Waals surface area contributed by atoms with Crippen LogP contribution in [0, 0.1) is 21.4 Å². The minimum Gasteiger partial charge on any atom is -0.369 e. The average Bonchev–Trinajstić information content (AvgIpc) is 2.49. The maximum atomic E-state index is 11.1. The Hall–Kier alpha value is -2.13. The molecule has 2 rings (SSSR count). The molecule has 6 heteroatoms. The van der Waals surface area contributed by atoms with E-state index in [0.717, 1.165) is 37.9 Å². The number of nitrogens with zero attached hydrogens (tertiary/aromatic N) is 3. The van der Waals surface area contributed by atoms with Gasteiger partial charge < -0.3 is 10.6 Å². The van der Waals surface area contributed by atoms with E-state index in [2.05, 4.69) is 4.90 Å². The van der Waals surface area contributed by atoms with E-state index in [4.69, 9.17) is 11.0 Å². The number of rotatable bonds is 4. The molecule has 0 amide bonds. The maximum absolute atomic E-state index is 11.1. The Balaban J connectivity index is 2.28. The van der Waals surface area contributed by atoms with Gasteiger partial charge in [0.25, 0.3) is 5.69 Å². The molecule has 112 valence electrons. The van der Waals surface area contributed by atoms with Gasteiger partial charge in [-0.1, -0.05) is 0 Å². The van der Waals surface area contributed by atoms with Crippen molar-refractivity contribution in [3.8, 4) is 6.07 Å². The fourth-order valence-electron chi connectivity index (χ4n) is 3.01. The zero-order valence-electron chi connectivity index (χ0n) is 12.2. The number of nitro benzene ring substituents is 1. The number of benzene rings is 1. The standard InChI is InChI=1S/C15H20N4O2/c1-2-18(13-7-4-12(17)5-8-13)14-6-3-11(10-16)15(9-14)19(20)21/h3,6,9,12-13H,2,4-5,7-8,17H2,1H3. The van der Waals surface area contributed by atoms with Crippen molar-refractivity contribution >= 4 is 11.4 Å². The predicted molar refractivity (Wildman–Crippen MR) is 81.1 cm³/mol. The summed E-state index contributed by atoms with van der Waals surface area (Å²) in [6.07, 6.45) is 3.98. The largest absolute Gasteiger partial charge is 0.369 e. The molecule has 0 atom stereocenters. The van der Waals surface area contributed by atoms with E-state index < -0.39 is 4.92 Å². The van der Waals surface area contributed by atoms with Crippen molar-refractivity contribution in [2.75, 3.05) is 11.4 Å². The normalized spacial score (nSPS) is 21.6. The topological polar surface area (TPSA) is 96.2 Å². The van der Waals surface area contributed by atoms with Crippen LogP contribution in [-0.4, -0.2) is 23.6 Å². The Kier molecular flexibility index (Phi) is 4.76. The Bertz CT molecular complexity index is 559. The molecule has 1 aromatic carbocycles. The third kappa shape index (κ3) is 3.31. The van der Waals surface area contributed by atoms with Crippen LogP contribution in [0.4, 0.5) is 11.4 Å². The molecule has 1 aliphatic rings. The van der Waals surface area contributed by atoms with E-state index in [1.807, 2.05) is 13.0 Å². The predicted octanol–water partition coefficient (Wildman–Crippen LogP) is 2.56. The Morgan fingerprint density at radius 1 is 1.43 bits per heavy atom. The summed E-state index contributed by atoms with van der Waals surface area (Å²) in [5.41, 5.74) is 6.72. The second-order valence-electron chi connectivity index (χ2n) is 5.42. The van der Waals surface area contributed by atoms with Gasteiger partial charge in [0.1, 0.15) is 11.6 Å². The van der Waals surface area contributed by atoms with Gasteiger partial charge in [-0.15, -0.1) is 0 Å². The first-order chi connectivity index (χ1) is 10.1. The fraction of sp³-hybridized carbons (Fsp3) is 0.533. The zero-order chi connectivity index (χ0) is 15.4. The van der Waals surface area contributed by atoms with Crippen molar-refractivity contribution < 1.29 is 4.92 Å². The van der Waals surface area contributed by atoms with E-state index in [-0.39, 0.29) is 17.3 Å². The molecule has 0 radical (unpaired) electrons. The summed E-state index contributed by atoms with van der Waals surface area (Å²) in [5.74, 6) is 0. The summed E-state index contributed by atoms with van der Waals surface area (Å²) >= 11 is 0. The lowest BCUT2D eigenvalue weighted by Crippen LogP contribution is -2.41. The quantitative estimate of drug-likeness (QED) is 0.678. The van der Waals surface area contributed by atoms with Gasteiger partial charge in [-0.3, -0.25) is 10.1 Å². The van der Waals surface area contributed by atoms with E-state index >= 15 is 0 Å². The molecule has 0 spiro atoms. The molecule has 6 nitrogen and oxygen atoms in total. The monoisotopic (exact) mass is 288 g/mol. The first-order valence-electron chi connectivity index (χ1n) is 7.27. The molecule has 0 heterocycles. The van der Waals surface area contributed by atoms with E-state index in [9.17, 15) is 10.1 Å². The first-order valence-corrected chi connectivity index (χ1v) is 7.27. The number of nitro groups is 1. The Labute approximate surface area is 124 Å². The molecule has 0 aromatic heterocycles.